The van der Waals surface area contributed by atoms with Crippen molar-refractivity contribution in [1.82, 2.24) is 30.9 Å². The van der Waals surface area contributed by atoms with E-state index in [0.29, 0.717) is 19.1 Å². The van der Waals surface area contributed by atoms with E-state index in [9.17, 15) is 9.59 Å². The molecule has 0 bridgehead atoms. The van der Waals surface area contributed by atoms with Gasteiger partial charge in [-0.1, -0.05) is 18.6 Å². The molecule has 1 saturated carbocycles. The Kier molecular flexibility index (Phi) is 5.68. The molecule has 0 radical (unpaired) electrons. The van der Waals surface area contributed by atoms with Crippen molar-refractivity contribution in [3.63, 3.8) is 0 Å². The Hall–Kier alpha value is -1.96. The molecule has 1 fully saturated rings. The normalized spacial score (nSPS) is 14.0. The highest BCUT2D eigenvalue weighted by Gasteiger charge is 2.20. The van der Waals surface area contributed by atoms with Crippen LogP contribution in [0, 0.1) is 0 Å². The van der Waals surface area contributed by atoms with Crippen LogP contribution in [-0.4, -0.2) is 39.5 Å². The van der Waals surface area contributed by atoms with Crippen LogP contribution < -0.4 is 16.0 Å². The molecule has 0 aromatic carbocycles. The Morgan fingerprint density at radius 1 is 1.43 bits per heavy atom. The van der Waals surface area contributed by atoms with Crippen LogP contribution in [0.15, 0.2) is 6.20 Å². The lowest BCUT2D eigenvalue weighted by Gasteiger charge is -2.05. The number of unbranched alkanes of at least 4 members (excludes halogenated alkanes) is 1. The average Bonchev–Trinajstić information content (AvgIpc) is 3.17. The van der Waals surface area contributed by atoms with E-state index in [-0.39, 0.29) is 6.54 Å². The van der Waals surface area contributed by atoms with Crippen LogP contribution in [0.4, 0.5) is 4.79 Å². The zero-order valence-corrected chi connectivity index (χ0v) is 12.3. The van der Waals surface area contributed by atoms with Crippen LogP contribution in [0.5, 0.6) is 0 Å². The third-order valence-corrected chi connectivity index (χ3v) is 3.11. The first-order valence-corrected chi connectivity index (χ1v) is 7.37. The molecule has 8 nitrogen and oxygen atoms in total. The minimum Gasteiger partial charge on any atom is -0.338 e. The van der Waals surface area contributed by atoms with Gasteiger partial charge in [0.05, 0.1) is 11.9 Å². The molecule has 0 spiro atoms. The zero-order chi connectivity index (χ0) is 15.1. The van der Waals surface area contributed by atoms with Gasteiger partial charge in [0.1, 0.15) is 6.54 Å². The highest BCUT2D eigenvalue weighted by atomic mass is 16.2. The van der Waals surface area contributed by atoms with E-state index < -0.39 is 11.9 Å². The molecular formula is C13H22N6O2. The minimum absolute atomic E-state index is 0.0162. The summed E-state index contributed by atoms with van der Waals surface area (Å²) in [6.45, 7) is 3.24. The molecule has 8 heteroatoms. The summed E-state index contributed by atoms with van der Waals surface area (Å²) < 4.78 is 1.43. The van der Waals surface area contributed by atoms with Crippen LogP contribution in [0.1, 0.15) is 38.3 Å². The lowest BCUT2D eigenvalue weighted by Crippen LogP contribution is -2.41. The van der Waals surface area contributed by atoms with Gasteiger partial charge in [-0.3, -0.25) is 10.1 Å². The number of nitrogens with zero attached hydrogens (tertiary/aromatic N) is 3. The molecular weight excluding hydrogens is 272 g/mol. The van der Waals surface area contributed by atoms with Gasteiger partial charge in [0.25, 0.3) is 0 Å². The van der Waals surface area contributed by atoms with Gasteiger partial charge in [-0.05, 0) is 19.3 Å². The quantitative estimate of drug-likeness (QED) is 0.593. The highest BCUT2D eigenvalue weighted by molar-refractivity contribution is 5.94. The second-order valence-corrected chi connectivity index (χ2v) is 5.22. The summed E-state index contributed by atoms with van der Waals surface area (Å²) in [4.78, 5) is 23.1. The van der Waals surface area contributed by atoms with E-state index in [0.717, 1.165) is 18.5 Å². The predicted molar refractivity (Wildman–Crippen MR) is 76.3 cm³/mol. The molecule has 1 aliphatic rings. The maximum absolute atomic E-state index is 11.7. The van der Waals surface area contributed by atoms with Gasteiger partial charge in [-0.2, -0.15) is 0 Å². The second-order valence-electron chi connectivity index (χ2n) is 5.22. The number of carbonyl (C=O) groups excluding carboxylic acids is 2. The number of aromatic nitrogens is 3. The lowest BCUT2D eigenvalue weighted by atomic mass is 10.3. The lowest BCUT2D eigenvalue weighted by molar-refractivity contribution is -0.120. The molecule has 0 aliphatic heterocycles. The number of nitrogens with one attached hydrogen (secondary N) is 3. The number of hydrogen-bond donors (Lipinski definition) is 3. The molecule has 1 aromatic rings. The number of amides is 3. The van der Waals surface area contributed by atoms with E-state index in [1.54, 1.807) is 6.20 Å². The summed E-state index contributed by atoms with van der Waals surface area (Å²) in [6.07, 6.45) is 6.02. The van der Waals surface area contributed by atoms with Crippen molar-refractivity contribution in [2.75, 3.05) is 6.54 Å². The molecule has 0 unspecified atom stereocenters. The standard InChI is InChI=1S/C13H22N6O2/c1-2-3-6-14-13(21)16-12(20)9-19-8-11(17-18-19)7-15-10-4-5-10/h8,10,15H,2-7,9H2,1H3,(H2,14,16,20,21). The minimum atomic E-state index is -0.468. The van der Waals surface area contributed by atoms with Crippen LogP contribution in [0.3, 0.4) is 0 Å². The first-order chi connectivity index (χ1) is 10.2. The zero-order valence-electron chi connectivity index (χ0n) is 12.3. The molecule has 21 heavy (non-hydrogen) atoms. The third kappa shape index (κ3) is 5.90. The van der Waals surface area contributed by atoms with Crippen molar-refractivity contribution in [3.05, 3.63) is 11.9 Å². The molecule has 1 heterocycles. The van der Waals surface area contributed by atoms with Crippen molar-refractivity contribution in [1.29, 1.82) is 0 Å². The molecule has 3 N–H and O–H groups in total. The van der Waals surface area contributed by atoms with Gasteiger partial charge in [-0.25, -0.2) is 9.48 Å². The first-order valence-electron chi connectivity index (χ1n) is 7.37. The second kappa shape index (κ2) is 7.72. The fourth-order valence-electron chi connectivity index (χ4n) is 1.77. The summed E-state index contributed by atoms with van der Waals surface area (Å²) in [5, 5.41) is 16.1. The number of hydrogen-bond acceptors (Lipinski definition) is 5. The van der Waals surface area contributed by atoms with Gasteiger partial charge >= 0.3 is 6.03 Å². The Balaban J connectivity index is 1.67. The fraction of sp³-hybridized carbons (Fsp3) is 0.692. The maximum atomic E-state index is 11.7. The summed E-state index contributed by atoms with van der Waals surface area (Å²) in [5.74, 6) is -0.407. The van der Waals surface area contributed by atoms with Crippen LogP contribution >= 0.6 is 0 Å². The van der Waals surface area contributed by atoms with Crippen LogP contribution in [-0.2, 0) is 17.9 Å². The number of urea groups is 1. The molecule has 116 valence electrons. The topological polar surface area (TPSA) is 101 Å². The van der Waals surface area contributed by atoms with E-state index in [1.165, 1.54) is 17.5 Å². The largest absolute Gasteiger partial charge is 0.338 e. The molecule has 3 amide bonds. The number of rotatable bonds is 8. The molecule has 0 atom stereocenters. The Labute approximate surface area is 123 Å². The summed E-state index contributed by atoms with van der Waals surface area (Å²) >= 11 is 0. The van der Waals surface area contributed by atoms with Crippen molar-refractivity contribution >= 4 is 11.9 Å². The first kappa shape index (κ1) is 15.4. The Bertz CT molecular complexity index is 483. The van der Waals surface area contributed by atoms with Gasteiger partial charge in [0.15, 0.2) is 0 Å². The smallest absolute Gasteiger partial charge is 0.321 e. The summed E-state index contributed by atoms with van der Waals surface area (Å²) in [6, 6.07) is 0.134. The highest BCUT2D eigenvalue weighted by Crippen LogP contribution is 2.18. The summed E-state index contributed by atoms with van der Waals surface area (Å²) in [7, 11) is 0. The van der Waals surface area contributed by atoms with E-state index in [1.807, 2.05) is 6.92 Å². The Morgan fingerprint density at radius 3 is 2.95 bits per heavy atom. The van der Waals surface area contributed by atoms with Crippen LogP contribution in [0.2, 0.25) is 0 Å². The molecule has 0 saturated heterocycles. The number of imide groups is 1. The third-order valence-electron chi connectivity index (χ3n) is 3.11. The molecule has 2 rings (SSSR count). The SMILES string of the molecule is CCCCNC(=O)NC(=O)Cn1cc(CNC2CC2)nn1. The number of carbonyl (C=O) groups is 2. The van der Waals surface area contributed by atoms with Crippen molar-refractivity contribution < 1.29 is 9.59 Å². The van der Waals surface area contributed by atoms with E-state index in [2.05, 4.69) is 26.3 Å². The molecule has 1 aliphatic carbocycles. The Morgan fingerprint density at radius 2 is 2.24 bits per heavy atom. The van der Waals surface area contributed by atoms with Gasteiger partial charge in [0.2, 0.25) is 5.91 Å². The molecule has 1 aromatic heterocycles. The predicted octanol–water partition coefficient (Wildman–Crippen LogP) is 0.156. The van der Waals surface area contributed by atoms with E-state index >= 15 is 0 Å². The average molecular weight is 294 g/mol. The van der Waals surface area contributed by atoms with Gasteiger partial charge < -0.3 is 10.6 Å². The monoisotopic (exact) mass is 294 g/mol. The van der Waals surface area contributed by atoms with Crippen molar-refractivity contribution in [3.8, 4) is 0 Å². The van der Waals surface area contributed by atoms with Crippen molar-refractivity contribution in [2.24, 2.45) is 0 Å². The van der Waals surface area contributed by atoms with Gasteiger partial charge in [-0.15, -0.1) is 5.10 Å². The van der Waals surface area contributed by atoms with E-state index in [4.69, 9.17) is 0 Å². The fourth-order valence-corrected chi connectivity index (χ4v) is 1.77. The van der Waals surface area contributed by atoms with Gasteiger partial charge in [0, 0.05) is 19.1 Å². The van der Waals surface area contributed by atoms with Crippen molar-refractivity contribution in [2.45, 2.75) is 51.7 Å². The maximum Gasteiger partial charge on any atom is 0.321 e. The van der Waals surface area contributed by atoms with Crippen LogP contribution in [0.25, 0.3) is 0 Å². The summed E-state index contributed by atoms with van der Waals surface area (Å²) in [5.41, 5.74) is 0.794.